The molecule has 4 heterocycles. The van der Waals surface area contributed by atoms with Gasteiger partial charge in [-0.25, -0.2) is 4.79 Å². The molecule has 3 N–H and O–H groups in total. The summed E-state index contributed by atoms with van der Waals surface area (Å²) in [5, 5.41) is 19.0. The van der Waals surface area contributed by atoms with Crippen molar-refractivity contribution in [3.05, 3.63) is 48.2 Å². The Kier molecular flexibility index (Phi) is 7.91. The van der Waals surface area contributed by atoms with E-state index in [1.54, 1.807) is 0 Å². The van der Waals surface area contributed by atoms with Crippen LogP contribution < -0.4 is 5.32 Å². The molecule has 0 aromatic heterocycles. The first-order valence-electron chi connectivity index (χ1n) is 12.9. The molecule has 0 saturated carbocycles. The highest BCUT2D eigenvalue weighted by molar-refractivity contribution is 6.02. The van der Waals surface area contributed by atoms with Crippen molar-refractivity contribution in [3.8, 4) is 0 Å². The summed E-state index contributed by atoms with van der Waals surface area (Å²) >= 11 is 0. The third-order valence-electron chi connectivity index (χ3n) is 8.27. The Morgan fingerprint density at radius 2 is 1.83 bits per heavy atom. The number of aliphatic hydroxyl groups excluding tert-OH is 1. The maximum Gasteiger partial charge on any atom is 0.331 e. The summed E-state index contributed by atoms with van der Waals surface area (Å²) in [6.07, 6.45) is 8.04. The van der Waals surface area contributed by atoms with Crippen LogP contribution in [0.5, 0.6) is 0 Å². The zero-order chi connectivity index (χ0) is 24.9. The van der Waals surface area contributed by atoms with E-state index in [9.17, 15) is 9.59 Å². The van der Waals surface area contributed by atoms with Crippen molar-refractivity contribution >= 4 is 17.7 Å². The number of quaternary nitrogens is 1. The molecule has 1 unspecified atom stereocenters. The van der Waals surface area contributed by atoms with E-state index in [0.29, 0.717) is 16.9 Å². The minimum atomic E-state index is -0.842. The minimum absolute atomic E-state index is 0.137. The molecule has 1 aromatic rings. The van der Waals surface area contributed by atoms with Gasteiger partial charge in [0, 0.05) is 24.8 Å². The predicted octanol–water partition coefficient (Wildman–Crippen LogP) is 3.10. The Hall–Kier alpha value is -2.71. The van der Waals surface area contributed by atoms with E-state index < -0.39 is 5.54 Å². The molecule has 4 aliphatic rings. The number of carbonyl (C=O) groups is 2. The summed E-state index contributed by atoms with van der Waals surface area (Å²) in [4.78, 5) is 28.9. The topological polar surface area (TPSA) is 103 Å². The van der Waals surface area contributed by atoms with Gasteiger partial charge in [-0.05, 0) is 38.4 Å². The number of fused-ring (bicyclic) bond motifs is 3. The standard InChI is InChI=1S/C27H38N4O4/c1-27(22-9-5-4-6-10-22,30-14-7-2-3-8-15-30)26(34)35-23-19-31(16-11-21(23)12-17-31)20-25(33)29-24(28)13-18-32/h4-6,9-10,13,18,21,23H,2-3,7-8,11-12,14-17,19-20H2,1H3,(H2-,28,29,32,33)/p+1/t21?,23-,27?,31?/m0/s1. The van der Waals surface area contributed by atoms with E-state index in [1.807, 2.05) is 37.3 Å². The number of likely N-dealkylation sites (tertiary alicyclic amines) is 1. The molecule has 4 saturated heterocycles. The molecule has 0 spiro atoms. The van der Waals surface area contributed by atoms with E-state index >= 15 is 0 Å². The Labute approximate surface area is 208 Å². The Morgan fingerprint density at radius 3 is 2.46 bits per heavy atom. The van der Waals surface area contributed by atoms with Crippen LogP contribution in [0.15, 0.2) is 42.7 Å². The molecule has 5 rings (SSSR count). The number of carbonyl (C=O) groups excluding carboxylic acids is 2. The summed E-state index contributed by atoms with van der Waals surface area (Å²) in [5.41, 5.74) is 0.123. The maximum absolute atomic E-state index is 14.0. The van der Waals surface area contributed by atoms with Crippen LogP contribution in [0.3, 0.4) is 0 Å². The zero-order valence-corrected chi connectivity index (χ0v) is 20.7. The number of amides is 1. The number of rotatable bonds is 7. The van der Waals surface area contributed by atoms with Crippen molar-refractivity contribution < 1.29 is 23.9 Å². The van der Waals surface area contributed by atoms with E-state index in [1.165, 1.54) is 12.8 Å². The average molecular weight is 484 g/mol. The number of aliphatic hydroxyl groups is 1. The van der Waals surface area contributed by atoms with Gasteiger partial charge in [0.15, 0.2) is 12.6 Å². The Morgan fingerprint density at radius 1 is 1.17 bits per heavy atom. The van der Waals surface area contributed by atoms with Crippen molar-refractivity contribution in [2.45, 2.75) is 57.1 Å². The molecule has 4 fully saturated rings. The molecule has 1 aromatic carbocycles. The fraction of sp³-hybridized carbons (Fsp3) is 0.593. The molecule has 8 heteroatoms. The summed E-state index contributed by atoms with van der Waals surface area (Å²) in [7, 11) is 0. The highest BCUT2D eigenvalue weighted by Gasteiger charge is 2.51. The van der Waals surface area contributed by atoms with Gasteiger partial charge in [-0.1, -0.05) is 43.2 Å². The number of benzene rings is 1. The third kappa shape index (κ3) is 5.59. The fourth-order valence-corrected chi connectivity index (χ4v) is 6.15. The second-order valence-corrected chi connectivity index (χ2v) is 10.5. The first kappa shape index (κ1) is 25.4. The van der Waals surface area contributed by atoms with Crippen molar-refractivity contribution in [2.24, 2.45) is 5.92 Å². The lowest BCUT2D eigenvalue weighted by Crippen LogP contribution is -2.67. The van der Waals surface area contributed by atoms with Gasteiger partial charge in [-0.3, -0.25) is 15.1 Å². The van der Waals surface area contributed by atoms with Crippen LogP contribution in [0, 0.1) is 11.3 Å². The lowest BCUT2D eigenvalue weighted by molar-refractivity contribution is -0.939. The van der Waals surface area contributed by atoms with Crippen LogP contribution in [0.25, 0.3) is 0 Å². The van der Waals surface area contributed by atoms with E-state index in [2.05, 4.69) is 10.2 Å². The predicted molar refractivity (Wildman–Crippen MR) is 134 cm³/mol. The molecule has 0 aliphatic carbocycles. The summed E-state index contributed by atoms with van der Waals surface area (Å²) in [5.74, 6) is -0.262. The van der Waals surface area contributed by atoms with Gasteiger partial charge >= 0.3 is 5.97 Å². The van der Waals surface area contributed by atoms with Gasteiger partial charge < -0.3 is 19.6 Å². The average Bonchev–Trinajstić information content (AvgIpc) is 3.14. The van der Waals surface area contributed by atoms with Crippen LogP contribution in [0.1, 0.15) is 51.0 Å². The van der Waals surface area contributed by atoms with Crippen molar-refractivity contribution in [3.63, 3.8) is 0 Å². The highest BCUT2D eigenvalue weighted by Crippen LogP contribution is 2.38. The molecular weight excluding hydrogens is 444 g/mol. The SMILES string of the molecule is CC(C(=O)O[C@H]1C[N+]2(CC(=O)NC(=N)/C=C\O)CCC1CC2)(c1ccccc1)N1CCCCCC1. The maximum atomic E-state index is 14.0. The monoisotopic (exact) mass is 483 g/mol. The van der Waals surface area contributed by atoms with Gasteiger partial charge in [-0.15, -0.1) is 0 Å². The Bertz CT molecular complexity index is 934. The zero-order valence-electron chi connectivity index (χ0n) is 20.7. The smallest absolute Gasteiger partial charge is 0.331 e. The molecule has 190 valence electrons. The van der Waals surface area contributed by atoms with Gasteiger partial charge in [0.2, 0.25) is 0 Å². The van der Waals surface area contributed by atoms with Crippen LogP contribution in [-0.4, -0.2) is 77.6 Å². The minimum Gasteiger partial charge on any atom is -0.515 e. The Balaban J connectivity index is 1.50. The van der Waals surface area contributed by atoms with Crippen LogP contribution in [0.2, 0.25) is 0 Å². The summed E-state index contributed by atoms with van der Waals surface area (Å²) < 4.78 is 6.92. The van der Waals surface area contributed by atoms with E-state index in [4.69, 9.17) is 15.3 Å². The van der Waals surface area contributed by atoms with Gasteiger partial charge in [0.05, 0.1) is 19.4 Å². The van der Waals surface area contributed by atoms with Gasteiger partial charge in [0.1, 0.15) is 17.9 Å². The molecule has 2 bridgehead atoms. The molecule has 0 radical (unpaired) electrons. The van der Waals surface area contributed by atoms with Crippen LogP contribution in [-0.2, 0) is 19.9 Å². The molecule has 4 aliphatic heterocycles. The third-order valence-corrected chi connectivity index (χ3v) is 8.27. The molecular formula is C27H39N4O4+. The van der Waals surface area contributed by atoms with Crippen molar-refractivity contribution in [1.29, 1.82) is 5.41 Å². The van der Waals surface area contributed by atoms with Gasteiger partial charge in [0.25, 0.3) is 5.91 Å². The second kappa shape index (κ2) is 10.9. The second-order valence-electron chi connectivity index (χ2n) is 10.5. The number of nitrogens with zero attached hydrogens (tertiary/aromatic N) is 2. The number of ether oxygens (including phenoxy) is 1. The number of hydrogen-bond acceptors (Lipinski definition) is 6. The summed E-state index contributed by atoms with van der Waals surface area (Å²) in [6.45, 7) is 6.37. The number of nitrogens with one attached hydrogen (secondary N) is 2. The largest absolute Gasteiger partial charge is 0.515 e. The van der Waals surface area contributed by atoms with E-state index in [-0.39, 0.29) is 30.4 Å². The first-order chi connectivity index (χ1) is 16.9. The van der Waals surface area contributed by atoms with Crippen molar-refractivity contribution in [2.75, 3.05) is 39.3 Å². The lowest BCUT2D eigenvalue weighted by atomic mass is 9.82. The fourth-order valence-electron chi connectivity index (χ4n) is 6.15. The first-order valence-corrected chi connectivity index (χ1v) is 12.9. The number of hydrogen-bond donors (Lipinski definition) is 3. The lowest BCUT2D eigenvalue weighted by Gasteiger charge is -2.52. The van der Waals surface area contributed by atoms with Gasteiger partial charge in [-0.2, -0.15) is 0 Å². The number of piperidine rings is 3. The number of esters is 1. The quantitative estimate of drug-likeness (QED) is 0.182. The molecule has 1 amide bonds. The molecule has 35 heavy (non-hydrogen) atoms. The number of amidine groups is 1. The highest BCUT2D eigenvalue weighted by atomic mass is 16.5. The normalized spacial score (nSPS) is 28.7. The summed E-state index contributed by atoms with van der Waals surface area (Å²) in [6, 6.07) is 9.98. The van der Waals surface area contributed by atoms with Crippen molar-refractivity contribution in [1.82, 2.24) is 10.2 Å². The van der Waals surface area contributed by atoms with Crippen LogP contribution >= 0.6 is 0 Å². The molecule has 8 nitrogen and oxygen atoms in total. The van der Waals surface area contributed by atoms with E-state index in [0.717, 1.165) is 69.8 Å². The molecule has 2 atom stereocenters. The van der Waals surface area contributed by atoms with Crippen LogP contribution in [0.4, 0.5) is 0 Å².